The van der Waals surface area contributed by atoms with Crippen molar-refractivity contribution in [3.63, 3.8) is 0 Å². The molecular weight excluding hydrogens is 280 g/mol. The summed E-state index contributed by atoms with van der Waals surface area (Å²) < 4.78 is 2.00. The molecule has 1 N–H and O–H groups in total. The zero-order valence-electron chi connectivity index (χ0n) is 13.1. The van der Waals surface area contributed by atoms with E-state index in [-0.39, 0.29) is 0 Å². The van der Waals surface area contributed by atoms with E-state index in [1.54, 1.807) is 0 Å². The van der Waals surface area contributed by atoms with Gasteiger partial charge in [0.15, 0.2) is 0 Å². The Bertz CT molecular complexity index is 599. The van der Waals surface area contributed by atoms with Gasteiger partial charge in [-0.15, -0.1) is 11.3 Å². The fourth-order valence-electron chi connectivity index (χ4n) is 2.79. The Morgan fingerprint density at radius 1 is 1.48 bits per heavy atom. The lowest BCUT2D eigenvalue weighted by Crippen LogP contribution is -2.25. The lowest BCUT2D eigenvalue weighted by Gasteiger charge is -2.22. The van der Waals surface area contributed by atoms with Crippen LogP contribution in [0.2, 0.25) is 0 Å². The molecule has 0 fully saturated rings. The van der Waals surface area contributed by atoms with Gasteiger partial charge < -0.3 is 5.32 Å². The summed E-state index contributed by atoms with van der Waals surface area (Å²) in [5, 5.41) is 9.20. The summed E-state index contributed by atoms with van der Waals surface area (Å²) in [6.45, 7) is 7.58. The average Bonchev–Trinajstić information content (AvgIpc) is 3.11. The van der Waals surface area contributed by atoms with Crippen molar-refractivity contribution in [1.82, 2.24) is 20.1 Å². The summed E-state index contributed by atoms with van der Waals surface area (Å²) in [6.07, 6.45) is 8.88. The molecule has 0 bridgehead atoms. The van der Waals surface area contributed by atoms with Crippen molar-refractivity contribution in [3.8, 4) is 10.6 Å². The highest BCUT2D eigenvalue weighted by Gasteiger charge is 2.24. The minimum absolute atomic E-state index is 0.396. The third kappa shape index (κ3) is 3.04. The van der Waals surface area contributed by atoms with Crippen LogP contribution in [0.15, 0.2) is 12.4 Å². The first-order valence-electron chi connectivity index (χ1n) is 7.96. The molecule has 0 saturated heterocycles. The second-order valence-corrected chi connectivity index (χ2v) is 7.11. The predicted molar refractivity (Wildman–Crippen MR) is 87.7 cm³/mol. The van der Waals surface area contributed by atoms with Gasteiger partial charge in [0, 0.05) is 22.7 Å². The van der Waals surface area contributed by atoms with Crippen LogP contribution in [0.1, 0.15) is 62.7 Å². The number of thiazole rings is 1. The predicted octanol–water partition coefficient (Wildman–Crippen LogP) is 3.96. The van der Waals surface area contributed by atoms with Crippen LogP contribution in [0.5, 0.6) is 0 Å². The maximum Gasteiger partial charge on any atom is 0.127 e. The molecule has 2 aromatic heterocycles. The highest BCUT2D eigenvalue weighted by atomic mass is 32.1. The fraction of sp³-hybridized carbons (Fsp3) is 0.625. The standard InChI is InChI=1S/C16H24N4S/c1-4-8-17-13-6-5-7-14-15(13)19-16(21-14)12-9-18-20(10-12)11(2)3/h9-11,13,17H,4-8H2,1-3H3. The molecule has 0 aromatic carbocycles. The number of fused-ring (bicyclic) bond motifs is 1. The number of nitrogens with zero attached hydrogens (tertiary/aromatic N) is 3. The number of aromatic nitrogens is 3. The normalized spacial score (nSPS) is 18.2. The Balaban J connectivity index is 1.86. The van der Waals surface area contributed by atoms with Gasteiger partial charge in [-0.25, -0.2) is 4.98 Å². The summed E-state index contributed by atoms with van der Waals surface area (Å²) in [7, 11) is 0. The van der Waals surface area contributed by atoms with Crippen LogP contribution in [0.4, 0.5) is 0 Å². The van der Waals surface area contributed by atoms with E-state index in [4.69, 9.17) is 4.98 Å². The molecule has 2 aromatic rings. The van der Waals surface area contributed by atoms with Crippen molar-refractivity contribution in [2.75, 3.05) is 6.54 Å². The van der Waals surface area contributed by atoms with Crippen molar-refractivity contribution in [2.24, 2.45) is 0 Å². The molecule has 0 saturated carbocycles. The van der Waals surface area contributed by atoms with Gasteiger partial charge in [-0.3, -0.25) is 4.68 Å². The number of hydrogen-bond donors (Lipinski definition) is 1. The first-order valence-corrected chi connectivity index (χ1v) is 8.78. The molecular formula is C16H24N4S. The van der Waals surface area contributed by atoms with Gasteiger partial charge >= 0.3 is 0 Å². The third-order valence-electron chi connectivity index (χ3n) is 3.97. The Morgan fingerprint density at radius 3 is 3.05 bits per heavy atom. The molecule has 114 valence electrons. The largest absolute Gasteiger partial charge is 0.309 e. The van der Waals surface area contributed by atoms with Crippen LogP contribution in [0.25, 0.3) is 10.6 Å². The Labute approximate surface area is 130 Å². The second kappa shape index (κ2) is 6.28. The topological polar surface area (TPSA) is 42.7 Å². The molecule has 0 aliphatic heterocycles. The van der Waals surface area contributed by atoms with Crippen LogP contribution >= 0.6 is 11.3 Å². The summed E-state index contributed by atoms with van der Waals surface area (Å²) >= 11 is 1.85. The number of nitrogens with one attached hydrogen (secondary N) is 1. The van der Waals surface area contributed by atoms with E-state index in [9.17, 15) is 0 Å². The third-order valence-corrected chi connectivity index (χ3v) is 5.15. The van der Waals surface area contributed by atoms with Gasteiger partial charge in [0.2, 0.25) is 0 Å². The first kappa shape index (κ1) is 14.7. The van der Waals surface area contributed by atoms with Crippen molar-refractivity contribution < 1.29 is 0 Å². The monoisotopic (exact) mass is 304 g/mol. The summed E-state index contributed by atoms with van der Waals surface area (Å²) in [6, 6.07) is 0.839. The molecule has 1 atom stereocenters. The van der Waals surface area contributed by atoms with Crippen molar-refractivity contribution in [3.05, 3.63) is 23.0 Å². The van der Waals surface area contributed by atoms with Crippen LogP contribution in [-0.4, -0.2) is 21.3 Å². The van der Waals surface area contributed by atoms with Crippen LogP contribution in [0.3, 0.4) is 0 Å². The Hall–Kier alpha value is -1.20. The minimum atomic E-state index is 0.396. The van der Waals surface area contributed by atoms with E-state index in [1.165, 1.54) is 36.3 Å². The van der Waals surface area contributed by atoms with Gasteiger partial charge in [0.1, 0.15) is 5.01 Å². The van der Waals surface area contributed by atoms with E-state index >= 15 is 0 Å². The van der Waals surface area contributed by atoms with E-state index in [0.29, 0.717) is 12.1 Å². The quantitative estimate of drug-likeness (QED) is 0.909. The number of rotatable bonds is 5. The van der Waals surface area contributed by atoms with E-state index in [0.717, 1.165) is 17.1 Å². The molecule has 0 amide bonds. The fourth-order valence-corrected chi connectivity index (χ4v) is 3.93. The highest BCUT2D eigenvalue weighted by molar-refractivity contribution is 7.15. The van der Waals surface area contributed by atoms with Gasteiger partial charge in [-0.1, -0.05) is 6.92 Å². The van der Waals surface area contributed by atoms with Gasteiger partial charge in [-0.2, -0.15) is 5.10 Å². The zero-order valence-corrected chi connectivity index (χ0v) is 13.9. The SMILES string of the molecule is CCCNC1CCCc2sc(-c3cnn(C(C)C)c3)nc21. The smallest absolute Gasteiger partial charge is 0.127 e. The van der Waals surface area contributed by atoms with E-state index in [1.807, 2.05) is 22.2 Å². The number of aryl methyl sites for hydroxylation is 1. The molecule has 0 radical (unpaired) electrons. The Kier molecular flexibility index (Phi) is 4.40. The van der Waals surface area contributed by atoms with Gasteiger partial charge in [0.05, 0.1) is 17.9 Å². The van der Waals surface area contributed by atoms with Crippen molar-refractivity contribution >= 4 is 11.3 Å². The summed E-state index contributed by atoms with van der Waals surface area (Å²) in [5.41, 5.74) is 2.43. The van der Waals surface area contributed by atoms with E-state index < -0.39 is 0 Å². The molecule has 1 aliphatic rings. The first-order chi connectivity index (χ1) is 10.2. The van der Waals surface area contributed by atoms with Crippen molar-refractivity contribution in [2.45, 2.75) is 58.5 Å². The molecule has 0 spiro atoms. The molecule has 1 unspecified atom stereocenters. The van der Waals surface area contributed by atoms with Crippen LogP contribution in [-0.2, 0) is 6.42 Å². The highest BCUT2D eigenvalue weighted by Crippen LogP contribution is 2.37. The molecule has 1 aliphatic carbocycles. The van der Waals surface area contributed by atoms with Crippen LogP contribution < -0.4 is 5.32 Å². The molecule has 21 heavy (non-hydrogen) atoms. The van der Waals surface area contributed by atoms with Gasteiger partial charge in [0.25, 0.3) is 0 Å². The molecule has 2 heterocycles. The maximum atomic E-state index is 4.93. The molecule has 3 rings (SSSR count). The van der Waals surface area contributed by atoms with Gasteiger partial charge in [-0.05, 0) is 46.1 Å². The van der Waals surface area contributed by atoms with Crippen molar-refractivity contribution in [1.29, 1.82) is 0 Å². The Morgan fingerprint density at radius 2 is 2.33 bits per heavy atom. The molecule has 4 nitrogen and oxygen atoms in total. The van der Waals surface area contributed by atoms with E-state index in [2.05, 4.69) is 37.4 Å². The molecule has 5 heteroatoms. The zero-order chi connectivity index (χ0) is 14.8. The van der Waals surface area contributed by atoms with Crippen LogP contribution in [0, 0.1) is 0 Å². The maximum absolute atomic E-state index is 4.93. The summed E-state index contributed by atoms with van der Waals surface area (Å²) in [4.78, 5) is 6.39. The number of hydrogen-bond acceptors (Lipinski definition) is 4. The minimum Gasteiger partial charge on any atom is -0.309 e. The summed E-state index contributed by atoms with van der Waals surface area (Å²) in [5.74, 6) is 0. The average molecular weight is 304 g/mol. The lowest BCUT2D eigenvalue weighted by molar-refractivity contribution is 0.454. The lowest BCUT2D eigenvalue weighted by atomic mass is 9.97. The second-order valence-electron chi connectivity index (χ2n) is 6.03.